The summed E-state index contributed by atoms with van der Waals surface area (Å²) in [6, 6.07) is 28.9. The van der Waals surface area contributed by atoms with Crippen molar-refractivity contribution < 1.29 is 52.7 Å². The van der Waals surface area contributed by atoms with Crippen LogP contribution in [0, 0.1) is 18.2 Å². The van der Waals surface area contributed by atoms with Crippen LogP contribution in [-0.4, -0.2) is 115 Å². The van der Waals surface area contributed by atoms with E-state index >= 15 is 4.39 Å². The Balaban J connectivity index is 0.983. The van der Waals surface area contributed by atoms with Crippen LogP contribution in [0.1, 0.15) is 51.8 Å². The van der Waals surface area contributed by atoms with Crippen molar-refractivity contribution >= 4 is 81.8 Å². The molecule has 78 heavy (non-hydrogen) atoms. The minimum atomic E-state index is -6.10. The molecular formula is C55H61ClF4N6O8S4. The molecule has 3 N–H and O–H groups in total. The van der Waals surface area contributed by atoms with Crippen LogP contribution in [-0.2, 0) is 34.5 Å². The lowest BCUT2D eigenvalue weighted by molar-refractivity contribution is -0.150. The second kappa shape index (κ2) is 23.1. The highest BCUT2D eigenvalue weighted by atomic mass is 35.5. The first kappa shape index (κ1) is 58.4. The van der Waals surface area contributed by atoms with Gasteiger partial charge >= 0.3 is 11.5 Å². The summed E-state index contributed by atoms with van der Waals surface area (Å²) in [6.45, 7) is 10.5. The fourth-order valence-electron chi connectivity index (χ4n) is 10.1. The lowest BCUT2D eigenvalue weighted by atomic mass is 9.80. The molecule has 0 aliphatic carbocycles. The first-order chi connectivity index (χ1) is 36.6. The molecular weight excluding hydrogens is 1110 g/mol. The molecule has 2 aliphatic rings. The number of carboxylic acid groups (broad SMARTS) is 1. The number of hydrogen-bond donors (Lipinski definition) is 3. The van der Waals surface area contributed by atoms with Gasteiger partial charge in [0.1, 0.15) is 10.7 Å². The molecule has 0 radical (unpaired) electrons. The quantitative estimate of drug-likeness (QED) is 0.0516. The van der Waals surface area contributed by atoms with Gasteiger partial charge in [0.05, 0.1) is 26.6 Å². The molecule has 0 unspecified atom stereocenters. The summed E-state index contributed by atoms with van der Waals surface area (Å²) >= 11 is 7.65. The van der Waals surface area contributed by atoms with Crippen molar-refractivity contribution in [2.75, 3.05) is 77.7 Å². The minimum Gasteiger partial charge on any atom is -0.481 e. The molecule has 6 aromatic rings. The van der Waals surface area contributed by atoms with E-state index in [-0.39, 0.29) is 16.6 Å². The number of aromatic nitrogens is 1. The van der Waals surface area contributed by atoms with Crippen LogP contribution >= 0.6 is 23.4 Å². The van der Waals surface area contributed by atoms with Crippen molar-refractivity contribution in [1.29, 1.82) is 0 Å². The maximum absolute atomic E-state index is 15.8. The lowest BCUT2D eigenvalue weighted by Gasteiger charge is -2.37. The van der Waals surface area contributed by atoms with Crippen molar-refractivity contribution in [3.8, 4) is 22.4 Å². The number of halogens is 5. The number of benzene rings is 5. The smallest absolute Gasteiger partial charge is 0.481 e. The predicted octanol–water partition coefficient (Wildman–Crippen LogP) is 11.5. The fraction of sp³-hybridized carbons (Fsp3) is 0.364. The van der Waals surface area contributed by atoms with Crippen LogP contribution in [0.25, 0.3) is 22.4 Å². The molecule has 1 aromatic heterocycles. The number of sulfone groups is 2. The van der Waals surface area contributed by atoms with Crippen molar-refractivity contribution in [1.82, 2.24) is 9.47 Å². The first-order valence-electron chi connectivity index (χ1n) is 25.2. The Bertz CT molecular complexity index is 3500. The number of carbonyl (C=O) groups is 1. The fourth-order valence-corrected chi connectivity index (χ4v) is 14.6. The summed E-state index contributed by atoms with van der Waals surface area (Å²) in [5.41, 5.74) is -3.14. The summed E-state index contributed by atoms with van der Waals surface area (Å²) in [7, 11) is -14.6. The van der Waals surface area contributed by atoms with E-state index in [0.29, 0.717) is 121 Å². The van der Waals surface area contributed by atoms with Crippen LogP contribution in [0.3, 0.4) is 0 Å². The van der Waals surface area contributed by atoms with Crippen molar-refractivity contribution in [3.63, 3.8) is 0 Å². The zero-order valence-corrected chi connectivity index (χ0v) is 47.5. The van der Waals surface area contributed by atoms with Crippen LogP contribution in [0.2, 0.25) is 5.02 Å². The van der Waals surface area contributed by atoms with Gasteiger partial charge in [0.15, 0.2) is 9.84 Å². The zero-order valence-electron chi connectivity index (χ0n) is 43.5. The average Bonchev–Trinajstić information content (AvgIpc) is 3.85. The van der Waals surface area contributed by atoms with E-state index in [4.69, 9.17) is 11.6 Å². The van der Waals surface area contributed by atoms with Gasteiger partial charge in [-0.2, -0.15) is 13.2 Å². The van der Waals surface area contributed by atoms with E-state index in [2.05, 4.69) is 14.9 Å². The molecule has 0 amide bonds. The highest BCUT2D eigenvalue weighted by Crippen LogP contribution is 2.45. The third-order valence-electron chi connectivity index (χ3n) is 14.4. The molecule has 2 aliphatic heterocycles. The molecule has 5 aromatic carbocycles. The summed E-state index contributed by atoms with van der Waals surface area (Å²) in [5, 5.41) is 13.2. The van der Waals surface area contributed by atoms with E-state index in [1.165, 1.54) is 36.0 Å². The highest BCUT2D eigenvalue weighted by Gasteiger charge is 2.48. The van der Waals surface area contributed by atoms with Crippen LogP contribution in [0.4, 0.5) is 40.3 Å². The number of likely N-dealkylation sites (tertiary alicyclic amines) is 1. The molecule has 14 nitrogen and oxygen atoms in total. The number of carboxylic acids is 1. The topological polar surface area (TPSA) is 178 Å². The van der Waals surface area contributed by atoms with E-state index in [1.807, 2.05) is 58.5 Å². The SMILES string of the molecule is Cc1c(S(C)(=O)=O)c(-c2cc(F)cc(N3CCN(c4ccc(NS(=O)(=O)c5ccc(N[C@H](CCN6CCC(C)(C(=O)O)CC6)CSc6ccccc6)c(S(=O)(=O)C(F)(F)F)c5)cc4)CC3)c2)c(-c2ccc(Cl)cc2)n1C(C)C. The predicted molar refractivity (Wildman–Crippen MR) is 300 cm³/mol. The van der Waals surface area contributed by atoms with E-state index in [9.17, 15) is 48.3 Å². The van der Waals surface area contributed by atoms with E-state index in [1.54, 1.807) is 56.3 Å². The number of piperidine rings is 1. The average molecular weight is 1170 g/mol. The molecule has 418 valence electrons. The van der Waals surface area contributed by atoms with Crippen LogP contribution in [0.5, 0.6) is 0 Å². The third-order valence-corrected chi connectivity index (χ3v) is 20.0. The number of nitrogens with zero attached hydrogens (tertiary/aromatic N) is 4. The Hall–Kier alpha value is -5.78. The van der Waals surface area contributed by atoms with Gasteiger partial charge in [-0.1, -0.05) is 41.9 Å². The Kier molecular flexibility index (Phi) is 17.3. The van der Waals surface area contributed by atoms with Gasteiger partial charge in [0, 0.05) is 95.1 Å². The molecule has 3 heterocycles. The van der Waals surface area contributed by atoms with Gasteiger partial charge in [-0.3, -0.25) is 9.52 Å². The van der Waals surface area contributed by atoms with Gasteiger partial charge < -0.3 is 29.7 Å². The largest absolute Gasteiger partial charge is 0.501 e. The maximum atomic E-state index is 15.8. The third kappa shape index (κ3) is 12.9. The van der Waals surface area contributed by atoms with Gasteiger partial charge in [-0.15, -0.1) is 11.8 Å². The lowest BCUT2D eigenvalue weighted by Crippen LogP contribution is -2.46. The second-order valence-electron chi connectivity index (χ2n) is 20.3. The molecule has 23 heteroatoms. The number of sulfonamides is 1. The molecule has 0 saturated carbocycles. The van der Waals surface area contributed by atoms with E-state index in [0.717, 1.165) is 23.3 Å². The molecule has 1 atom stereocenters. The van der Waals surface area contributed by atoms with Crippen molar-refractivity contribution in [2.24, 2.45) is 5.41 Å². The monoisotopic (exact) mass is 1170 g/mol. The van der Waals surface area contributed by atoms with Gasteiger partial charge in [0.2, 0.25) is 0 Å². The Labute approximate surface area is 462 Å². The van der Waals surface area contributed by atoms with Gasteiger partial charge in [-0.05, 0) is 156 Å². The number of anilines is 4. The summed E-state index contributed by atoms with van der Waals surface area (Å²) < 4.78 is 144. The van der Waals surface area contributed by atoms with Crippen molar-refractivity contribution in [2.45, 2.75) is 84.1 Å². The normalized spacial score (nSPS) is 16.1. The molecule has 0 spiro atoms. The van der Waals surface area contributed by atoms with Gasteiger partial charge in [0.25, 0.3) is 19.9 Å². The molecule has 0 bridgehead atoms. The highest BCUT2D eigenvalue weighted by molar-refractivity contribution is 7.99. The summed E-state index contributed by atoms with van der Waals surface area (Å²) in [5.74, 6) is -1.14. The van der Waals surface area contributed by atoms with E-state index < -0.39 is 73.9 Å². The minimum absolute atomic E-state index is 0.0551. The second-order valence-corrected chi connectivity index (χ2v) is 27.3. The standard InChI is InChI=1S/C55H61ClF4N6O8S4/c1-36(2)66-37(3)52(76(5,69)70)50(51(66)38-11-13-40(56)14-12-38)39-31-41(57)33-45(32-39)65-29-27-64(28-30-65)44-17-15-42(16-18-44)62-78(73,74)47-19-20-48(49(34-47)77(71,72)55(58,59)60)61-43(35-75-46-9-7-6-8-10-46)21-24-63-25-22-54(4,23-26-63)53(67)68/h6-20,31-34,36,43,61-62H,21-30,35H2,1-5H3,(H,67,68)/t43-/m1/s1. The van der Waals surface area contributed by atoms with Crippen LogP contribution < -0.4 is 19.8 Å². The number of alkyl halides is 3. The van der Waals surface area contributed by atoms with Gasteiger partial charge in [-0.25, -0.2) is 29.6 Å². The van der Waals surface area contributed by atoms with Crippen LogP contribution in [0.15, 0.2) is 135 Å². The first-order valence-corrected chi connectivity index (χ1v) is 31.4. The maximum Gasteiger partial charge on any atom is 0.501 e. The number of aliphatic carboxylic acids is 1. The molecule has 2 fully saturated rings. The zero-order chi connectivity index (χ0) is 56.5. The Morgan fingerprint density at radius 2 is 1.41 bits per heavy atom. The summed E-state index contributed by atoms with van der Waals surface area (Å²) in [6.07, 6.45) is 2.30. The number of rotatable bonds is 19. The Morgan fingerprint density at radius 3 is 1.99 bits per heavy atom. The number of piperazine rings is 1. The molecule has 2 saturated heterocycles. The molecule has 8 rings (SSSR count). The number of hydrogen-bond acceptors (Lipinski definition) is 12. The Morgan fingerprint density at radius 1 is 0.795 bits per heavy atom. The van der Waals surface area contributed by atoms with Crippen molar-refractivity contribution in [3.05, 3.63) is 132 Å². The number of thioether (sulfide) groups is 1. The number of nitrogens with one attached hydrogen (secondary N) is 2. The summed E-state index contributed by atoms with van der Waals surface area (Å²) in [4.78, 5) is 16.9.